The van der Waals surface area contributed by atoms with Crippen molar-refractivity contribution in [3.63, 3.8) is 0 Å². The molecule has 5 heteroatoms. The molecule has 3 aromatic carbocycles. The van der Waals surface area contributed by atoms with Crippen LogP contribution in [0.15, 0.2) is 132 Å². The van der Waals surface area contributed by atoms with Crippen molar-refractivity contribution in [3.05, 3.63) is 182 Å². The topological polar surface area (TPSA) is 12.9 Å². The Hall–Kier alpha value is -3.93. The van der Waals surface area contributed by atoms with E-state index in [0.29, 0.717) is 29.6 Å². The molecule has 0 saturated carbocycles. The van der Waals surface area contributed by atoms with Gasteiger partial charge in [0, 0.05) is 17.3 Å². The van der Waals surface area contributed by atoms with Crippen molar-refractivity contribution in [3.8, 4) is 0 Å². The van der Waals surface area contributed by atoms with Crippen molar-refractivity contribution in [1.29, 1.82) is 0 Å². The first-order valence-corrected chi connectivity index (χ1v) is 22.8. The highest BCUT2D eigenvalue weighted by molar-refractivity contribution is 7.10. The second kappa shape index (κ2) is 30.2. The minimum absolute atomic E-state index is 0.109. The Bertz CT molecular complexity index is 1770. The van der Waals surface area contributed by atoms with E-state index in [1.807, 2.05) is 47.9 Å². The molecular weight excluding hydrogens is 753 g/mol. The predicted octanol–water partition coefficient (Wildman–Crippen LogP) is 17.2. The molecule has 6 rings (SSSR count). The van der Waals surface area contributed by atoms with E-state index in [2.05, 4.69) is 159 Å². The standard InChI is InChI=1S/C11H15F.C10H13F.C10H14.C8H11N.2C7H10S/c1-8(2)6-10-4-5-11(12)9(3)7-10;1-8(2)7-9-3-5-10(11)6-4-9;1-9(2)8-10-6-4-3-5-7-10;1-7(2)8-4-3-5-9-6-8;1-6(2)7-3-4-8-5-7;1-6(2)7-4-3-5-8-7/h4-5,7-8H,6H2,1-3H3;3-6,8H,7H2,1-2H3;3-7,9H,8H2,1-2H3;3-7H,1-2H3;2*3-6H,1-2H3. The summed E-state index contributed by atoms with van der Waals surface area (Å²) < 4.78 is 25.3. The number of nitrogens with zero attached hydrogens (tertiary/aromatic N) is 1. The maximum absolute atomic E-state index is 12.8. The van der Waals surface area contributed by atoms with Gasteiger partial charge in [-0.15, -0.1) is 11.3 Å². The first-order valence-electron chi connectivity index (χ1n) is 21.0. The molecule has 0 aliphatic rings. The third-order valence-corrected chi connectivity index (χ3v) is 10.5. The second-order valence-electron chi connectivity index (χ2n) is 16.8. The fourth-order valence-electron chi connectivity index (χ4n) is 5.42. The number of pyridine rings is 1. The van der Waals surface area contributed by atoms with E-state index in [-0.39, 0.29) is 11.6 Å². The summed E-state index contributed by atoms with van der Waals surface area (Å²) in [6, 6.07) is 33.2. The van der Waals surface area contributed by atoms with E-state index in [1.54, 1.807) is 30.5 Å². The number of hydrogen-bond donors (Lipinski definition) is 0. The summed E-state index contributed by atoms with van der Waals surface area (Å²) in [5, 5.41) is 6.44. The number of aromatic nitrogens is 1. The highest BCUT2D eigenvalue weighted by Crippen LogP contribution is 2.19. The molecule has 0 spiro atoms. The van der Waals surface area contributed by atoms with Crippen molar-refractivity contribution in [2.45, 2.75) is 127 Å². The zero-order valence-electron chi connectivity index (χ0n) is 37.8. The van der Waals surface area contributed by atoms with Gasteiger partial charge in [0.25, 0.3) is 0 Å². The molecule has 3 heterocycles. The van der Waals surface area contributed by atoms with Crippen molar-refractivity contribution in [2.75, 3.05) is 0 Å². The van der Waals surface area contributed by atoms with Crippen LogP contribution in [0.2, 0.25) is 0 Å². The lowest BCUT2D eigenvalue weighted by atomic mass is 10.0. The van der Waals surface area contributed by atoms with Gasteiger partial charge in [-0.2, -0.15) is 11.3 Å². The van der Waals surface area contributed by atoms with Gasteiger partial charge in [0.1, 0.15) is 11.6 Å². The minimum Gasteiger partial charge on any atom is -0.264 e. The summed E-state index contributed by atoms with van der Waals surface area (Å²) >= 11 is 3.60. The number of rotatable bonds is 9. The average molecular weight is 826 g/mol. The molecule has 3 aromatic heterocycles. The first-order chi connectivity index (χ1) is 27.5. The van der Waals surface area contributed by atoms with Crippen LogP contribution in [0.1, 0.15) is 139 Å². The molecule has 0 N–H and O–H groups in total. The lowest BCUT2D eigenvalue weighted by Crippen LogP contribution is -1.95. The number of aryl methyl sites for hydroxylation is 1. The molecule has 0 unspecified atom stereocenters. The fraction of sp³-hybridized carbons (Fsp3) is 0.415. The van der Waals surface area contributed by atoms with Gasteiger partial charge < -0.3 is 0 Å². The number of benzene rings is 3. The third kappa shape index (κ3) is 25.4. The monoisotopic (exact) mass is 826 g/mol. The average Bonchev–Trinajstić information content (AvgIpc) is 3.92. The maximum atomic E-state index is 12.8. The van der Waals surface area contributed by atoms with E-state index in [4.69, 9.17) is 0 Å². The Morgan fingerprint density at radius 3 is 1.45 bits per heavy atom. The number of hydrogen-bond acceptors (Lipinski definition) is 3. The molecule has 0 fully saturated rings. The highest BCUT2D eigenvalue weighted by atomic mass is 32.1. The molecule has 0 bridgehead atoms. The molecule has 316 valence electrons. The molecular formula is C53H73F2NS2. The van der Waals surface area contributed by atoms with Crippen LogP contribution in [0.25, 0.3) is 0 Å². The van der Waals surface area contributed by atoms with Crippen molar-refractivity contribution in [1.82, 2.24) is 4.98 Å². The van der Waals surface area contributed by atoms with Gasteiger partial charge in [-0.1, -0.05) is 150 Å². The first kappa shape index (κ1) is 52.1. The molecule has 58 heavy (non-hydrogen) atoms. The van der Waals surface area contributed by atoms with Crippen LogP contribution in [0.3, 0.4) is 0 Å². The predicted molar refractivity (Wildman–Crippen MR) is 255 cm³/mol. The third-order valence-electron chi connectivity index (χ3n) is 8.58. The Balaban J connectivity index is 0.000000350. The molecule has 0 radical (unpaired) electrons. The van der Waals surface area contributed by atoms with Crippen molar-refractivity contribution >= 4 is 22.7 Å². The van der Waals surface area contributed by atoms with Crippen LogP contribution >= 0.6 is 22.7 Å². The number of thiophene rings is 2. The largest absolute Gasteiger partial charge is 0.264 e. The Kier molecular flexibility index (Phi) is 27.1. The summed E-state index contributed by atoms with van der Waals surface area (Å²) in [6.07, 6.45) is 6.96. The Morgan fingerprint density at radius 1 is 0.517 bits per heavy atom. The Morgan fingerprint density at radius 2 is 1.07 bits per heavy atom. The van der Waals surface area contributed by atoms with Gasteiger partial charge in [-0.05, 0) is 148 Å². The Labute approximate surface area is 361 Å². The lowest BCUT2D eigenvalue weighted by Gasteiger charge is -2.05. The normalized spacial score (nSPS) is 10.4. The van der Waals surface area contributed by atoms with E-state index >= 15 is 0 Å². The molecule has 0 aliphatic carbocycles. The summed E-state index contributed by atoms with van der Waals surface area (Å²) in [6.45, 7) is 28.1. The van der Waals surface area contributed by atoms with E-state index in [1.165, 1.54) is 51.2 Å². The molecule has 0 atom stereocenters. The van der Waals surface area contributed by atoms with Crippen LogP contribution in [0, 0.1) is 36.3 Å². The van der Waals surface area contributed by atoms with Gasteiger partial charge in [0.2, 0.25) is 0 Å². The minimum atomic E-state index is -0.155. The SMILES string of the molecule is CC(C)Cc1ccc(F)cc1.CC(C)Cc1ccccc1.CC(C)c1cccnc1.CC(C)c1cccs1.CC(C)c1ccsc1.Cc1cc(CC(C)C)ccc1F. The maximum Gasteiger partial charge on any atom is 0.126 e. The second-order valence-corrected chi connectivity index (χ2v) is 18.6. The summed E-state index contributed by atoms with van der Waals surface area (Å²) in [4.78, 5) is 5.48. The summed E-state index contributed by atoms with van der Waals surface area (Å²) in [5.74, 6) is 3.77. The van der Waals surface area contributed by atoms with Crippen LogP contribution in [-0.4, -0.2) is 4.98 Å². The molecule has 6 aromatic rings. The zero-order valence-corrected chi connectivity index (χ0v) is 39.4. The van der Waals surface area contributed by atoms with Gasteiger partial charge in [-0.25, -0.2) is 8.78 Å². The van der Waals surface area contributed by atoms with Crippen LogP contribution in [-0.2, 0) is 19.3 Å². The van der Waals surface area contributed by atoms with E-state index < -0.39 is 0 Å². The van der Waals surface area contributed by atoms with Crippen molar-refractivity contribution < 1.29 is 8.78 Å². The highest BCUT2D eigenvalue weighted by Gasteiger charge is 2.01. The lowest BCUT2D eigenvalue weighted by molar-refractivity contribution is 0.612. The van der Waals surface area contributed by atoms with E-state index in [0.717, 1.165) is 24.3 Å². The van der Waals surface area contributed by atoms with Crippen LogP contribution < -0.4 is 0 Å². The van der Waals surface area contributed by atoms with Gasteiger partial charge >= 0.3 is 0 Å². The van der Waals surface area contributed by atoms with Crippen LogP contribution in [0.5, 0.6) is 0 Å². The molecule has 0 aliphatic heterocycles. The zero-order chi connectivity index (χ0) is 43.5. The summed E-state index contributed by atoms with van der Waals surface area (Å²) in [5.41, 5.74) is 7.38. The molecule has 0 amide bonds. The molecule has 1 nitrogen and oxygen atoms in total. The van der Waals surface area contributed by atoms with Gasteiger partial charge in [-0.3, -0.25) is 4.98 Å². The van der Waals surface area contributed by atoms with Crippen molar-refractivity contribution in [2.24, 2.45) is 17.8 Å². The number of halogens is 2. The summed E-state index contributed by atoms with van der Waals surface area (Å²) in [7, 11) is 0. The van der Waals surface area contributed by atoms with Crippen LogP contribution in [0.4, 0.5) is 8.78 Å². The van der Waals surface area contributed by atoms with Gasteiger partial charge in [0.05, 0.1) is 0 Å². The molecule has 0 saturated heterocycles. The van der Waals surface area contributed by atoms with Gasteiger partial charge in [0.15, 0.2) is 0 Å². The smallest absolute Gasteiger partial charge is 0.126 e. The fourth-order valence-corrected chi connectivity index (χ4v) is 6.99. The van der Waals surface area contributed by atoms with E-state index in [9.17, 15) is 8.78 Å². The quantitative estimate of drug-likeness (QED) is 0.142.